The molecule has 0 spiro atoms. The molecule has 0 heterocycles. The molecule has 0 saturated carbocycles. The van der Waals surface area contributed by atoms with E-state index in [1.165, 1.54) is 20.7 Å². The summed E-state index contributed by atoms with van der Waals surface area (Å²) in [6, 6.07) is 10.0. The van der Waals surface area contributed by atoms with E-state index in [-0.39, 0.29) is 0 Å². The number of hydrogen-bond donors (Lipinski definition) is 1. The Kier molecular flexibility index (Phi) is 4.22. The molecule has 0 fully saturated rings. The molecule has 4 heteroatoms. The van der Waals surface area contributed by atoms with E-state index in [4.69, 9.17) is 11.2 Å². The highest BCUT2D eigenvalue weighted by molar-refractivity contribution is 8.77. The third-order valence-corrected chi connectivity index (χ3v) is 4.19. The van der Waals surface area contributed by atoms with Gasteiger partial charge in [0, 0.05) is 0 Å². The highest BCUT2D eigenvalue weighted by Gasteiger charge is 1.96. The summed E-state index contributed by atoms with van der Waals surface area (Å²) in [7, 11) is 2.70. The fourth-order valence-electron chi connectivity index (χ4n) is 0.690. The maximum atomic E-state index is 4.86. The van der Waals surface area contributed by atoms with Gasteiger partial charge in [0.05, 0.1) is 4.20 Å². The first-order valence-corrected chi connectivity index (χ1v) is 6.53. The van der Waals surface area contributed by atoms with Gasteiger partial charge in [-0.1, -0.05) is 40.2 Å². The zero-order valence-electron chi connectivity index (χ0n) is 5.56. The van der Waals surface area contributed by atoms with Crippen LogP contribution in [0.3, 0.4) is 0 Å². The fraction of sp³-hybridized carbons (Fsp3) is 0. The van der Waals surface area contributed by atoms with Gasteiger partial charge in [-0.05, 0) is 27.5 Å². The second-order valence-electron chi connectivity index (χ2n) is 1.83. The van der Waals surface area contributed by atoms with Crippen LogP contribution >= 0.6 is 22.5 Å². The normalized spacial score (nSPS) is 9.18. The van der Waals surface area contributed by atoms with Crippen molar-refractivity contribution in [2.75, 3.05) is 0 Å². The Morgan fingerprint density at radius 3 is 2.36 bits per heavy atom. The van der Waals surface area contributed by atoms with Crippen molar-refractivity contribution >= 4 is 47.7 Å². The Labute approximate surface area is 83.4 Å². The largest absolute Gasteiger partial charge is 0.105 e. The molecule has 0 saturated heterocycles. The van der Waals surface area contributed by atoms with Crippen LogP contribution < -0.4 is 0 Å². The van der Waals surface area contributed by atoms with Gasteiger partial charge >= 0.3 is 0 Å². The Hall–Kier alpha value is 0.230. The van der Waals surface area contributed by atoms with Gasteiger partial charge in [0.2, 0.25) is 0 Å². The van der Waals surface area contributed by atoms with Crippen molar-refractivity contribution in [2.45, 2.75) is 0 Å². The van der Waals surface area contributed by atoms with Gasteiger partial charge in [0.1, 0.15) is 0 Å². The summed E-state index contributed by atoms with van der Waals surface area (Å²) in [5.74, 6) is 0. The van der Waals surface area contributed by atoms with Gasteiger partial charge < -0.3 is 0 Å². The SMILES string of the molecule is S=S=C(SS)c1ccccc1. The summed E-state index contributed by atoms with van der Waals surface area (Å²) in [5.41, 5.74) is 1.15. The highest BCUT2D eigenvalue weighted by Crippen LogP contribution is 2.14. The fourth-order valence-corrected chi connectivity index (χ4v) is 2.99. The van der Waals surface area contributed by atoms with Gasteiger partial charge in [-0.2, -0.15) is 0 Å². The zero-order valence-corrected chi connectivity index (χ0v) is 8.90. The van der Waals surface area contributed by atoms with Crippen molar-refractivity contribution in [1.29, 1.82) is 0 Å². The molecule has 0 radical (unpaired) electrons. The van der Waals surface area contributed by atoms with Gasteiger partial charge in [0.15, 0.2) is 0 Å². The van der Waals surface area contributed by atoms with E-state index in [0.29, 0.717) is 0 Å². The van der Waals surface area contributed by atoms with Crippen molar-refractivity contribution in [2.24, 2.45) is 0 Å². The molecule has 0 aromatic heterocycles. The van der Waals surface area contributed by atoms with Crippen molar-refractivity contribution in [3.8, 4) is 0 Å². The maximum Gasteiger partial charge on any atom is 0.0890 e. The molecule has 1 aromatic carbocycles. The Morgan fingerprint density at radius 2 is 1.91 bits per heavy atom. The maximum absolute atomic E-state index is 4.86. The molecular formula is C7H6S4. The minimum absolute atomic E-state index is 1.06. The molecule has 0 amide bonds. The van der Waals surface area contributed by atoms with Crippen LogP contribution in [0.1, 0.15) is 5.56 Å². The Balaban J connectivity index is 3.02. The second kappa shape index (κ2) is 4.98. The lowest BCUT2D eigenvalue weighted by Gasteiger charge is -1.96. The third-order valence-electron chi connectivity index (χ3n) is 1.17. The number of thiol groups is 1. The van der Waals surface area contributed by atoms with Crippen LogP contribution in [0.25, 0.3) is 0 Å². The standard InChI is InChI=1S/C7H6S4/c8-10-7(11-9)6-4-2-1-3-5-6/h1-5,8H. The summed E-state index contributed by atoms with van der Waals surface area (Å²) in [6.45, 7) is 0. The lowest BCUT2D eigenvalue weighted by Crippen LogP contribution is -1.89. The van der Waals surface area contributed by atoms with Crippen LogP contribution in [-0.2, 0) is 21.1 Å². The third kappa shape index (κ3) is 2.63. The lowest BCUT2D eigenvalue weighted by molar-refractivity contribution is 1.69. The summed E-state index contributed by atoms with van der Waals surface area (Å²) in [4.78, 5) is 0. The first-order valence-electron chi connectivity index (χ1n) is 2.92. The van der Waals surface area contributed by atoms with Crippen LogP contribution in [-0.4, -0.2) is 4.20 Å². The van der Waals surface area contributed by atoms with E-state index in [9.17, 15) is 0 Å². The van der Waals surface area contributed by atoms with Crippen molar-refractivity contribution < 1.29 is 0 Å². The predicted molar refractivity (Wildman–Crippen MR) is 61.9 cm³/mol. The molecule has 1 aromatic rings. The minimum atomic E-state index is 1.06. The molecule has 0 atom stereocenters. The van der Waals surface area contributed by atoms with Crippen molar-refractivity contribution in [3.05, 3.63) is 35.9 Å². The molecule has 0 nitrogen and oxygen atoms in total. The average Bonchev–Trinajstić information content (AvgIpc) is 2.09. The molecule has 0 bridgehead atoms. The number of hydrogen-bond acceptors (Lipinski definition) is 3. The summed E-state index contributed by atoms with van der Waals surface area (Å²) >= 11 is 8.96. The predicted octanol–water partition coefficient (Wildman–Crippen LogP) is 2.29. The number of rotatable bonds is 1. The average molecular weight is 218 g/mol. The Bertz CT molecular complexity index is 274. The van der Waals surface area contributed by atoms with Gasteiger partial charge in [-0.25, -0.2) is 0 Å². The highest BCUT2D eigenvalue weighted by atomic mass is 33.1. The first-order chi connectivity index (χ1) is 5.38. The molecule has 58 valence electrons. The van der Waals surface area contributed by atoms with E-state index < -0.39 is 0 Å². The topological polar surface area (TPSA) is 0 Å². The van der Waals surface area contributed by atoms with Crippen LogP contribution in [0.4, 0.5) is 0 Å². The molecule has 0 N–H and O–H groups in total. The molecule has 0 aliphatic rings. The second-order valence-corrected chi connectivity index (χ2v) is 4.30. The monoisotopic (exact) mass is 218 g/mol. The minimum Gasteiger partial charge on any atom is -0.105 e. The molecule has 11 heavy (non-hydrogen) atoms. The van der Waals surface area contributed by atoms with E-state index in [1.807, 2.05) is 30.3 Å². The smallest absolute Gasteiger partial charge is 0.0890 e. The number of benzene rings is 1. The van der Waals surface area contributed by atoms with Gasteiger partial charge in [0.25, 0.3) is 0 Å². The van der Waals surface area contributed by atoms with Gasteiger partial charge in [-0.15, -0.1) is 11.7 Å². The molecule has 1 rings (SSSR count). The van der Waals surface area contributed by atoms with Crippen molar-refractivity contribution in [3.63, 3.8) is 0 Å². The van der Waals surface area contributed by atoms with Crippen LogP contribution in [0.2, 0.25) is 0 Å². The van der Waals surface area contributed by atoms with Crippen LogP contribution in [0.15, 0.2) is 30.3 Å². The van der Waals surface area contributed by atoms with E-state index in [1.54, 1.807) is 0 Å². The zero-order chi connectivity index (χ0) is 8.10. The van der Waals surface area contributed by atoms with E-state index in [0.717, 1.165) is 9.76 Å². The van der Waals surface area contributed by atoms with Crippen molar-refractivity contribution in [1.82, 2.24) is 0 Å². The van der Waals surface area contributed by atoms with E-state index >= 15 is 0 Å². The van der Waals surface area contributed by atoms with Crippen LogP contribution in [0, 0.1) is 0 Å². The first kappa shape index (κ1) is 9.32. The lowest BCUT2D eigenvalue weighted by atomic mass is 10.2. The van der Waals surface area contributed by atoms with Crippen LogP contribution in [0.5, 0.6) is 0 Å². The molecule has 0 unspecified atom stereocenters. The molecular weight excluding hydrogens is 212 g/mol. The van der Waals surface area contributed by atoms with Gasteiger partial charge in [-0.3, -0.25) is 0 Å². The molecule has 0 aliphatic carbocycles. The summed E-state index contributed by atoms with van der Waals surface area (Å²) in [6.07, 6.45) is 0. The van der Waals surface area contributed by atoms with E-state index in [2.05, 4.69) is 11.7 Å². The Morgan fingerprint density at radius 1 is 1.27 bits per heavy atom. The quantitative estimate of drug-likeness (QED) is 0.436. The summed E-state index contributed by atoms with van der Waals surface area (Å²) in [5, 5.41) is 0. The summed E-state index contributed by atoms with van der Waals surface area (Å²) < 4.78 is 1.06. The molecule has 0 aliphatic heterocycles.